The highest BCUT2D eigenvalue weighted by Gasteiger charge is 2.34. The number of nitrogens with two attached hydrogens (primary N) is 1. The topological polar surface area (TPSA) is 55.1 Å². The summed E-state index contributed by atoms with van der Waals surface area (Å²) in [6.07, 6.45) is 1.04. The molecule has 2 aromatic rings. The van der Waals surface area contributed by atoms with Crippen molar-refractivity contribution in [1.29, 1.82) is 0 Å². The molecular weight excluding hydrogens is 272 g/mol. The molecule has 2 aromatic carbocycles. The van der Waals surface area contributed by atoms with Gasteiger partial charge in [-0.15, -0.1) is 12.4 Å². The SMILES string of the molecule is Cl.N[C@H]1C[C@@H]1c1cccc(NC(=O)c2ccccc2)c1. The Bertz CT molecular complexity index is 600. The molecule has 1 saturated carbocycles. The van der Waals surface area contributed by atoms with Crippen LogP contribution in [0.1, 0.15) is 28.3 Å². The Balaban J connectivity index is 0.00000147. The third-order valence-corrected chi connectivity index (χ3v) is 3.45. The summed E-state index contributed by atoms with van der Waals surface area (Å²) in [5.74, 6) is 0.367. The number of rotatable bonds is 3. The molecule has 3 nitrogen and oxygen atoms in total. The van der Waals surface area contributed by atoms with Crippen LogP contribution in [0.2, 0.25) is 0 Å². The Morgan fingerprint density at radius 1 is 1.10 bits per heavy atom. The van der Waals surface area contributed by atoms with Crippen molar-refractivity contribution in [2.45, 2.75) is 18.4 Å². The van der Waals surface area contributed by atoms with Crippen LogP contribution in [-0.4, -0.2) is 11.9 Å². The van der Waals surface area contributed by atoms with Crippen LogP contribution >= 0.6 is 12.4 Å². The molecule has 2 atom stereocenters. The number of halogens is 1. The molecule has 0 saturated heterocycles. The Morgan fingerprint density at radius 2 is 1.80 bits per heavy atom. The first-order valence-corrected chi connectivity index (χ1v) is 6.46. The van der Waals surface area contributed by atoms with E-state index in [0.29, 0.717) is 11.5 Å². The number of carbonyl (C=O) groups excluding carboxylic acids is 1. The standard InChI is InChI=1S/C16H16N2O.ClH/c17-15-10-14(15)12-7-4-8-13(9-12)18-16(19)11-5-2-1-3-6-11;/h1-9,14-15H,10,17H2,(H,18,19);1H/t14-,15+;/m1./s1. The van der Waals surface area contributed by atoms with E-state index in [1.807, 2.05) is 36.4 Å². The van der Waals surface area contributed by atoms with Gasteiger partial charge in [-0.3, -0.25) is 4.79 Å². The minimum Gasteiger partial charge on any atom is -0.327 e. The molecular formula is C16H17ClN2O. The van der Waals surface area contributed by atoms with E-state index in [9.17, 15) is 4.79 Å². The third kappa shape index (κ3) is 3.18. The van der Waals surface area contributed by atoms with Gasteiger partial charge in [0.05, 0.1) is 0 Å². The lowest BCUT2D eigenvalue weighted by atomic mass is 10.1. The van der Waals surface area contributed by atoms with E-state index in [1.54, 1.807) is 12.1 Å². The Labute approximate surface area is 124 Å². The van der Waals surface area contributed by atoms with E-state index in [1.165, 1.54) is 5.56 Å². The first-order chi connectivity index (χ1) is 9.24. The summed E-state index contributed by atoms with van der Waals surface area (Å²) in [6, 6.07) is 17.4. The zero-order valence-electron chi connectivity index (χ0n) is 11.0. The van der Waals surface area contributed by atoms with E-state index >= 15 is 0 Å². The van der Waals surface area contributed by atoms with Crippen molar-refractivity contribution in [2.75, 3.05) is 5.32 Å². The van der Waals surface area contributed by atoms with E-state index < -0.39 is 0 Å². The lowest BCUT2D eigenvalue weighted by Crippen LogP contribution is -2.11. The molecule has 3 N–H and O–H groups in total. The summed E-state index contributed by atoms with van der Waals surface area (Å²) >= 11 is 0. The monoisotopic (exact) mass is 288 g/mol. The number of benzene rings is 2. The Morgan fingerprint density at radius 3 is 2.45 bits per heavy atom. The van der Waals surface area contributed by atoms with Gasteiger partial charge in [-0.25, -0.2) is 0 Å². The van der Waals surface area contributed by atoms with Gasteiger partial charge in [0.15, 0.2) is 0 Å². The fraction of sp³-hybridized carbons (Fsp3) is 0.188. The molecule has 1 aliphatic carbocycles. The molecule has 1 aliphatic rings. The predicted molar refractivity (Wildman–Crippen MR) is 83.4 cm³/mol. The number of anilines is 1. The zero-order chi connectivity index (χ0) is 13.2. The van der Waals surface area contributed by atoms with Crippen molar-refractivity contribution in [1.82, 2.24) is 0 Å². The highest BCUT2D eigenvalue weighted by Crippen LogP contribution is 2.39. The molecule has 1 amide bonds. The summed E-state index contributed by atoms with van der Waals surface area (Å²) in [7, 11) is 0. The van der Waals surface area contributed by atoms with Crippen LogP contribution < -0.4 is 11.1 Å². The Kier molecular flexibility index (Phi) is 4.42. The maximum Gasteiger partial charge on any atom is 0.255 e. The highest BCUT2D eigenvalue weighted by molar-refractivity contribution is 6.04. The van der Waals surface area contributed by atoms with Crippen molar-refractivity contribution in [3.05, 3.63) is 65.7 Å². The van der Waals surface area contributed by atoms with Crippen molar-refractivity contribution >= 4 is 24.0 Å². The molecule has 0 bridgehead atoms. The van der Waals surface area contributed by atoms with Crippen molar-refractivity contribution in [2.24, 2.45) is 5.73 Å². The quantitative estimate of drug-likeness (QED) is 0.911. The maximum atomic E-state index is 12.0. The Hall–Kier alpha value is -1.84. The van der Waals surface area contributed by atoms with Crippen LogP contribution in [0.25, 0.3) is 0 Å². The summed E-state index contributed by atoms with van der Waals surface area (Å²) in [4.78, 5) is 12.0. The summed E-state index contributed by atoms with van der Waals surface area (Å²) in [5, 5.41) is 2.92. The molecule has 1 fully saturated rings. The number of hydrogen-bond donors (Lipinski definition) is 2. The highest BCUT2D eigenvalue weighted by atomic mass is 35.5. The summed E-state index contributed by atoms with van der Waals surface area (Å²) < 4.78 is 0. The van der Waals surface area contributed by atoms with E-state index in [-0.39, 0.29) is 24.4 Å². The van der Waals surface area contributed by atoms with Gasteiger partial charge in [-0.1, -0.05) is 30.3 Å². The van der Waals surface area contributed by atoms with Crippen LogP contribution in [0.4, 0.5) is 5.69 Å². The van der Waals surface area contributed by atoms with Gasteiger partial charge in [-0.05, 0) is 36.2 Å². The molecule has 20 heavy (non-hydrogen) atoms. The molecule has 0 heterocycles. The van der Waals surface area contributed by atoms with E-state index in [2.05, 4.69) is 11.4 Å². The van der Waals surface area contributed by atoms with E-state index in [4.69, 9.17) is 5.73 Å². The molecule has 4 heteroatoms. The normalized spacial score (nSPS) is 19.9. The number of carbonyl (C=O) groups is 1. The van der Waals surface area contributed by atoms with Gasteiger partial charge < -0.3 is 11.1 Å². The number of hydrogen-bond acceptors (Lipinski definition) is 2. The number of nitrogens with one attached hydrogen (secondary N) is 1. The maximum absolute atomic E-state index is 12.0. The lowest BCUT2D eigenvalue weighted by molar-refractivity contribution is 0.102. The fourth-order valence-electron chi connectivity index (χ4n) is 2.24. The molecule has 0 aliphatic heterocycles. The molecule has 0 radical (unpaired) electrons. The minimum atomic E-state index is -0.0853. The predicted octanol–water partition coefficient (Wildman–Crippen LogP) is 3.18. The second kappa shape index (κ2) is 6.07. The molecule has 0 unspecified atom stereocenters. The van der Waals surface area contributed by atoms with E-state index in [0.717, 1.165) is 12.1 Å². The van der Waals surface area contributed by atoms with Gasteiger partial charge in [0.25, 0.3) is 5.91 Å². The smallest absolute Gasteiger partial charge is 0.255 e. The van der Waals surface area contributed by atoms with Gasteiger partial charge in [0, 0.05) is 23.2 Å². The number of amides is 1. The first-order valence-electron chi connectivity index (χ1n) is 6.46. The van der Waals surface area contributed by atoms with Gasteiger partial charge in [0.2, 0.25) is 0 Å². The molecule has 0 aromatic heterocycles. The third-order valence-electron chi connectivity index (χ3n) is 3.45. The van der Waals surface area contributed by atoms with Crippen LogP contribution in [0.5, 0.6) is 0 Å². The summed E-state index contributed by atoms with van der Waals surface area (Å²) in [5.41, 5.74) is 8.55. The van der Waals surface area contributed by atoms with Crippen LogP contribution in [0.3, 0.4) is 0 Å². The van der Waals surface area contributed by atoms with Crippen molar-refractivity contribution in [3.8, 4) is 0 Å². The van der Waals surface area contributed by atoms with Gasteiger partial charge in [-0.2, -0.15) is 0 Å². The zero-order valence-corrected chi connectivity index (χ0v) is 11.8. The minimum absolute atomic E-state index is 0. The van der Waals surface area contributed by atoms with Crippen LogP contribution in [0, 0.1) is 0 Å². The largest absolute Gasteiger partial charge is 0.327 e. The van der Waals surface area contributed by atoms with Crippen molar-refractivity contribution in [3.63, 3.8) is 0 Å². The first kappa shape index (κ1) is 14.6. The van der Waals surface area contributed by atoms with Crippen LogP contribution in [-0.2, 0) is 0 Å². The molecule has 3 rings (SSSR count). The second-order valence-electron chi connectivity index (χ2n) is 4.95. The lowest BCUT2D eigenvalue weighted by Gasteiger charge is -2.07. The average Bonchev–Trinajstić information content (AvgIpc) is 3.17. The second-order valence-corrected chi connectivity index (χ2v) is 4.95. The average molecular weight is 289 g/mol. The van der Waals surface area contributed by atoms with Crippen molar-refractivity contribution < 1.29 is 4.79 Å². The van der Waals surface area contributed by atoms with Gasteiger partial charge >= 0.3 is 0 Å². The van der Waals surface area contributed by atoms with Crippen LogP contribution in [0.15, 0.2) is 54.6 Å². The molecule has 104 valence electrons. The fourth-order valence-corrected chi connectivity index (χ4v) is 2.24. The molecule has 0 spiro atoms. The van der Waals surface area contributed by atoms with Gasteiger partial charge in [0.1, 0.15) is 0 Å². The summed E-state index contributed by atoms with van der Waals surface area (Å²) in [6.45, 7) is 0.